The van der Waals surface area contributed by atoms with Gasteiger partial charge in [-0.1, -0.05) is 19.9 Å². The van der Waals surface area contributed by atoms with Crippen molar-refractivity contribution in [3.05, 3.63) is 53.6 Å². The summed E-state index contributed by atoms with van der Waals surface area (Å²) in [6, 6.07) is 11.4. The number of benzene rings is 2. The average Bonchev–Trinajstić information content (AvgIpc) is 2.62. The minimum absolute atomic E-state index is 0.157. The largest absolute Gasteiger partial charge is 0.496 e. The maximum Gasteiger partial charge on any atom is 0.255 e. The fourth-order valence-corrected chi connectivity index (χ4v) is 4.17. The van der Waals surface area contributed by atoms with Gasteiger partial charge >= 0.3 is 0 Å². The van der Waals surface area contributed by atoms with E-state index in [9.17, 15) is 13.2 Å². The Hall–Kier alpha value is -2.38. The van der Waals surface area contributed by atoms with Crippen LogP contribution in [0.1, 0.15) is 29.8 Å². The first-order valence-electron chi connectivity index (χ1n) is 8.39. The SMILES string of the molecule is CCN(CC)S(=O)(=O)c1cccc(NC(=O)c2ccc(OC)c(C)c2)c1. The Labute approximate surface area is 154 Å². The van der Waals surface area contributed by atoms with Crippen LogP contribution >= 0.6 is 0 Å². The van der Waals surface area contributed by atoms with Gasteiger partial charge in [0.2, 0.25) is 10.0 Å². The summed E-state index contributed by atoms with van der Waals surface area (Å²) in [5, 5.41) is 2.75. The number of anilines is 1. The van der Waals surface area contributed by atoms with E-state index in [2.05, 4.69) is 5.32 Å². The number of rotatable bonds is 7. The first kappa shape index (κ1) is 19.9. The molecule has 0 heterocycles. The van der Waals surface area contributed by atoms with Gasteiger partial charge in [0.15, 0.2) is 0 Å². The molecule has 0 radical (unpaired) electrons. The number of hydrogen-bond donors (Lipinski definition) is 1. The molecule has 0 aliphatic heterocycles. The van der Waals surface area contributed by atoms with E-state index in [1.807, 2.05) is 6.92 Å². The Morgan fingerprint density at radius 2 is 1.81 bits per heavy atom. The Kier molecular flexibility index (Phi) is 6.39. The van der Waals surface area contributed by atoms with Gasteiger partial charge in [-0.2, -0.15) is 4.31 Å². The fraction of sp³-hybridized carbons (Fsp3) is 0.316. The molecule has 0 saturated carbocycles. The highest BCUT2D eigenvalue weighted by Crippen LogP contribution is 2.22. The van der Waals surface area contributed by atoms with Crippen LogP contribution in [0.25, 0.3) is 0 Å². The highest BCUT2D eigenvalue weighted by atomic mass is 32.2. The van der Waals surface area contributed by atoms with Crippen LogP contribution < -0.4 is 10.1 Å². The molecule has 0 aromatic heterocycles. The molecule has 1 N–H and O–H groups in total. The second kappa shape index (κ2) is 8.33. The van der Waals surface area contributed by atoms with E-state index in [1.165, 1.54) is 16.4 Å². The summed E-state index contributed by atoms with van der Waals surface area (Å²) in [7, 11) is -2.00. The van der Waals surface area contributed by atoms with Crippen LogP contribution in [0, 0.1) is 6.92 Å². The molecule has 26 heavy (non-hydrogen) atoms. The minimum atomic E-state index is -3.57. The Morgan fingerprint density at radius 1 is 1.12 bits per heavy atom. The number of nitrogens with zero attached hydrogens (tertiary/aromatic N) is 1. The lowest BCUT2D eigenvalue weighted by Gasteiger charge is -2.19. The molecule has 0 fully saturated rings. The number of ether oxygens (including phenoxy) is 1. The van der Waals surface area contributed by atoms with Crippen molar-refractivity contribution in [2.45, 2.75) is 25.7 Å². The standard InChI is InChI=1S/C19H24N2O4S/c1-5-21(6-2)26(23,24)17-9-7-8-16(13-17)20-19(22)15-10-11-18(25-4)14(3)12-15/h7-13H,5-6H2,1-4H3,(H,20,22). The van der Waals surface area contributed by atoms with E-state index in [1.54, 1.807) is 51.3 Å². The van der Waals surface area contributed by atoms with Crippen LogP contribution in [0.2, 0.25) is 0 Å². The van der Waals surface area contributed by atoms with E-state index in [-0.39, 0.29) is 10.8 Å². The van der Waals surface area contributed by atoms with Gasteiger partial charge in [-0.25, -0.2) is 8.42 Å². The van der Waals surface area contributed by atoms with E-state index in [4.69, 9.17) is 4.74 Å². The van der Waals surface area contributed by atoms with Crippen LogP contribution in [-0.4, -0.2) is 38.8 Å². The van der Waals surface area contributed by atoms with Gasteiger partial charge in [0, 0.05) is 24.3 Å². The second-order valence-electron chi connectivity index (χ2n) is 5.76. The predicted molar refractivity (Wildman–Crippen MR) is 102 cm³/mol. The van der Waals surface area contributed by atoms with Crippen molar-refractivity contribution in [2.75, 3.05) is 25.5 Å². The van der Waals surface area contributed by atoms with Crippen molar-refractivity contribution < 1.29 is 17.9 Å². The lowest BCUT2D eigenvalue weighted by atomic mass is 10.1. The maximum absolute atomic E-state index is 12.6. The monoisotopic (exact) mass is 376 g/mol. The number of nitrogens with one attached hydrogen (secondary N) is 1. The molecule has 0 atom stereocenters. The van der Waals surface area contributed by atoms with Crippen LogP contribution in [0.4, 0.5) is 5.69 Å². The number of hydrogen-bond acceptors (Lipinski definition) is 4. The zero-order valence-corrected chi connectivity index (χ0v) is 16.3. The number of carbonyl (C=O) groups is 1. The minimum Gasteiger partial charge on any atom is -0.496 e. The number of aryl methyl sites for hydroxylation is 1. The molecule has 1 amide bonds. The van der Waals surface area contributed by atoms with Gasteiger partial charge in [0.1, 0.15) is 5.75 Å². The van der Waals surface area contributed by atoms with Crippen molar-refractivity contribution in [1.29, 1.82) is 0 Å². The quantitative estimate of drug-likeness (QED) is 0.805. The Bertz CT molecular complexity index is 890. The first-order valence-corrected chi connectivity index (χ1v) is 9.83. The molecule has 0 aliphatic carbocycles. The molecule has 2 aromatic carbocycles. The predicted octanol–water partition coefficient (Wildman–Crippen LogP) is 3.29. The summed E-state index contributed by atoms with van der Waals surface area (Å²) in [6.07, 6.45) is 0. The van der Waals surface area contributed by atoms with Crippen molar-refractivity contribution in [3.8, 4) is 5.75 Å². The van der Waals surface area contributed by atoms with Gasteiger partial charge in [-0.05, 0) is 48.9 Å². The number of carbonyl (C=O) groups excluding carboxylic acids is 1. The molecule has 0 saturated heterocycles. The summed E-state index contributed by atoms with van der Waals surface area (Å²) >= 11 is 0. The first-order chi connectivity index (χ1) is 12.3. The van der Waals surface area contributed by atoms with Crippen LogP contribution in [0.15, 0.2) is 47.4 Å². The van der Waals surface area contributed by atoms with Crippen molar-refractivity contribution in [3.63, 3.8) is 0 Å². The van der Waals surface area contributed by atoms with Crippen molar-refractivity contribution in [1.82, 2.24) is 4.31 Å². The van der Waals surface area contributed by atoms with Gasteiger partial charge < -0.3 is 10.1 Å². The van der Waals surface area contributed by atoms with Crippen LogP contribution in [0.5, 0.6) is 5.75 Å². The molecule has 140 valence electrons. The molecule has 0 aliphatic rings. The van der Waals surface area contributed by atoms with E-state index in [0.717, 1.165) is 5.56 Å². The van der Waals surface area contributed by atoms with E-state index >= 15 is 0 Å². The smallest absolute Gasteiger partial charge is 0.255 e. The maximum atomic E-state index is 12.6. The van der Waals surface area contributed by atoms with Gasteiger partial charge in [0.25, 0.3) is 5.91 Å². The molecule has 0 unspecified atom stereocenters. The van der Waals surface area contributed by atoms with E-state index < -0.39 is 10.0 Å². The van der Waals surface area contributed by atoms with Gasteiger partial charge in [0.05, 0.1) is 12.0 Å². The zero-order valence-electron chi connectivity index (χ0n) is 15.4. The molecular weight excluding hydrogens is 352 g/mol. The average molecular weight is 376 g/mol. The number of sulfonamides is 1. The molecule has 6 nitrogen and oxygen atoms in total. The molecular formula is C19H24N2O4S. The highest BCUT2D eigenvalue weighted by molar-refractivity contribution is 7.89. The third-order valence-corrected chi connectivity index (χ3v) is 6.14. The fourth-order valence-electron chi connectivity index (χ4n) is 2.67. The summed E-state index contributed by atoms with van der Waals surface area (Å²) in [4.78, 5) is 12.6. The molecule has 0 spiro atoms. The summed E-state index contributed by atoms with van der Waals surface area (Å²) in [5.74, 6) is 0.391. The van der Waals surface area contributed by atoms with Crippen LogP contribution in [-0.2, 0) is 10.0 Å². The summed E-state index contributed by atoms with van der Waals surface area (Å²) < 4.78 is 31.8. The van der Waals surface area contributed by atoms with Gasteiger partial charge in [-0.15, -0.1) is 0 Å². The lowest BCUT2D eigenvalue weighted by Crippen LogP contribution is -2.30. The zero-order chi connectivity index (χ0) is 19.3. The lowest BCUT2D eigenvalue weighted by molar-refractivity contribution is 0.102. The third kappa shape index (κ3) is 4.23. The van der Waals surface area contributed by atoms with E-state index in [0.29, 0.717) is 30.1 Å². The topological polar surface area (TPSA) is 75.7 Å². The van der Waals surface area contributed by atoms with Crippen molar-refractivity contribution >= 4 is 21.6 Å². The summed E-state index contributed by atoms with van der Waals surface area (Å²) in [5.41, 5.74) is 1.75. The molecule has 0 bridgehead atoms. The van der Waals surface area contributed by atoms with Crippen LogP contribution in [0.3, 0.4) is 0 Å². The third-order valence-electron chi connectivity index (χ3n) is 4.09. The Balaban J connectivity index is 2.26. The number of amides is 1. The normalized spacial score (nSPS) is 11.4. The van der Waals surface area contributed by atoms with Gasteiger partial charge in [-0.3, -0.25) is 4.79 Å². The highest BCUT2D eigenvalue weighted by Gasteiger charge is 2.22. The number of methoxy groups -OCH3 is 1. The van der Waals surface area contributed by atoms with Crippen molar-refractivity contribution in [2.24, 2.45) is 0 Å². The second-order valence-corrected chi connectivity index (χ2v) is 7.69. The molecule has 2 aromatic rings. The summed E-state index contributed by atoms with van der Waals surface area (Å²) in [6.45, 7) is 6.21. The Morgan fingerprint density at radius 3 is 2.38 bits per heavy atom. The molecule has 7 heteroatoms. The molecule has 2 rings (SSSR count).